The first-order chi connectivity index (χ1) is 14.3. The Hall–Kier alpha value is -2.52. The van der Waals surface area contributed by atoms with Crippen LogP contribution in [0.1, 0.15) is 21.5 Å². The average molecular weight is 435 g/mol. The maximum absolute atomic E-state index is 12.8. The van der Waals surface area contributed by atoms with Crippen LogP contribution in [0.2, 0.25) is 0 Å². The van der Waals surface area contributed by atoms with Crippen LogP contribution >= 0.6 is 11.8 Å². The molecule has 0 radical (unpaired) electrons. The van der Waals surface area contributed by atoms with E-state index in [1.54, 1.807) is 11.0 Å². The number of anilines is 1. The highest BCUT2D eigenvalue weighted by molar-refractivity contribution is 7.99. The van der Waals surface area contributed by atoms with Crippen LogP contribution in [0.15, 0.2) is 41.6 Å². The van der Waals surface area contributed by atoms with Crippen molar-refractivity contribution in [3.8, 4) is 0 Å². The van der Waals surface area contributed by atoms with Gasteiger partial charge in [0, 0.05) is 38.1 Å². The molecule has 1 N–H and O–H groups in total. The molecule has 1 aliphatic rings. The fourth-order valence-corrected chi connectivity index (χ4v) is 3.98. The summed E-state index contributed by atoms with van der Waals surface area (Å²) in [6.45, 7) is 6.03. The van der Waals surface area contributed by atoms with Gasteiger partial charge in [0.25, 0.3) is 11.7 Å². The highest BCUT2D eigenvalue weighted by Gasteiger charge is 2.26. The van der Waals surface area contributed by atoms with Gasteiger partial charge in [0.15, 0.2) is 0 Å². The molecule has 0 unspecified atom stereocenters. The van der Waals surface area contributed by atoms with Crippen LogP contribution in [0.4, 0.5) is 14.5 Å². The largest absolute Gasteiger partial charge is 0.336 e. The Labute approximate surface area is 178 Å². The summed E-state index contributed by atoms with van der Waals surface area (Å²) in [5.74, 6) is -3.06. The zero-order chi connectivity index (χ0) is 21.7. The predicted molar refractivity (Wildman–Crippen MR) is 113 cm³/mol. The molecule has 160 valence electrons. The first-order valence-corrected chi connectivity index (χ1v) is 10.5. The quantitative estimate of drug-likeness (QED) is 0.706. The molecule has 1 aromatic heterocycles. The van der Waals surface area contributed by atoms with Gasteiger partial charge in [-0.3, -0.25) is 14.5 Å². The molecule has 2 heterocycles. The molecule has 9 heteroatoms. The normalized spacial score (nSPS) is 14.8. The fraction of sp³-hybridized carbons (Fsp3) is 0.381. The van der Waals surface area contributed by atoms with E-state index in [1.165, 1.54) is 12.3 Å². The summed E-state index contributed by atoms with van der Waals surface area (Å²) in [6, 6.07) is 8.93. The number of hydrogen-bond donors (Lipinski definition) is 1. The van der Waals surface area contributed by atoms with E-state index in [1.807, 2.05) is 36.9 Å². The number of para-hydroxylation sites is 1. The molecule has 1 aliphatic heterocycles. The second kappa shape index (κ2) is 9.99. The summed E-state index contributed by atoms with van der Waals surface area (Å²) in [5.41, 5.74) is 3.03. The molecule has 0 saturated carbocycles. The molecule has 2 amide bonds. The van der Waals surface area contributed by atoms with Crippen molar-refractivity contribution in [1.29, 1.82) is 0 Å². The third kappa shape index (κ3) is 5.54. The summed E-state index contributed by atoms with van der Waals surface area (Å²) in [4.78, 5) is 32.7. The minimum Gasteiger partial charge on any atom is -0.336 e. The van der Waals surface area contributed by atoms with Crippen molar-refractivity contribution in [1.82, 2.24) is 14.8 Å². The summed E-state index contributed by atoms with van der Waals surface area (Å²) in [7, 11) is 0. The van der Waals surface area contributed by atoms with E-state index < -0.39 is 5.76 Å². The zero-order valence-corrected chi connectivity index (χ0v) is 17.7. The van der Waals surface area contributed by atoms with E-state index in [9.17, 15) is 18.4 Å². The van der Waals surface area contributed by atoms with Gasteiger partial charge >= 0.3 is 0 Å². The van der Waals surface area contributed by atoms with Gasteiger partial charge in [-0.25, -0.2) is 4.98 Å². The summed E-state index contributed by atoms with van der Waals surface area (Å²) >= 11 is 0.274. The van der Waals surface area contributed by atoms with E-state index in [4.69, 9.17) is 0 Å². The maximum Gasteiger partial charge on any atom is 0.290 e. The third-order valence-corrected chi connectivity index (χ3v) is 5.70. The number of nitrogens with one attached hydrogen (secondary N) is 1. The average Bonchev–Trinajstić information content (AvgIpc) is 2.71. The van der Waals surface area contributed by atoms with Crippen LogP contribution in [0.25, 0.3) is 0 Å². The van der Waals surface area contributed by atoms with Gasteiger partial charge in [-0.2, -0.15) is 8.78 Å². The van der Waals surface area contributed by atoms with E-state index in [2.05, 4.69) is 10.3 Å². The molecule has 0 bridgehead atoms. The number of aromatic nitrogens is 1. The van der Waals surface area contributed by atoms with Crippen molar-refractivity contribution in [3.63, 3.8) is 0 Å². The molecule has 2 aromatic rings. The number of benzene rings is 1. The molecule has 1 fully saturated rings. The Morgan fingerprint density at radius 1 is 1.10 bits per heavy atom. The van der Waals surface area contributed by atoms with Crippen molar-refractivity contribution in [3.05, 3.63) is 53.2 Å². The van der Waals surface area contributed by atoms with E-state index in [-0.39, 0.29) is 40.7 Å². The topological polar surface area (TPSA) is 65.5 Å². The minimum atomic E-state index is -2.64. The van der Waals surface area contributed by atoms with Crippen LogP contribution < -0.4 is 5.32 Å². The van der Waals surface area contributed by atoms with Crippen molar-refractivity contribution < 1.29 is 18.4 Å². The molecule has 0 spiro atoms. The van der Waals surface area contributed by atoms with Gasteiger partial charge in [-0.05, 0) is 48.9 Å². The van der Waals surface area contributed by atoms with Crippen LogP contribution in [0.5, 0.6) is 0 Å². The molecule has 1 aromatic carbocycles. The molecule has 3 rings (SSSR count). The Bertz CT molecular complexity index is 897. The number of amides is 2. The van der Waals surface area contributed by atoms with Crippen molar-refractivity contribution in [2.24, 2.45) is 0 Å². The van der Waals surface area contributed by atoms with Gasteiger partial charge in [-0.1, -0.05) is 18.2 Å². The second-order valence-corrected chi connectivity index (χ2v) is 8.10. The molecule has 30 heavy (non-hydrogen) atoms. The number of halogens is 2. The lowest BCUT2D eigenvalue weighted by Gasteiger charge is -2.34. The van der Waals surface area contributed by atoms with E-state index in [0.29, 0.717) is 26.2 Å². The minimum absolute atomic E-state index is 0.0351. The Balaban J connectivity index is 1.55. The lowest BCUT2D eigenvalue weighted by molar-refractivity contribution is -0.117. The number of nitrogens with zero attached hydrogens (tertiary/aromatic N) is 3. The Kier molecular flexibility index (Phi) is 7.38. The lowest BCUT2D eigenvalue weighted by Crippen LogP contribution is -2.50. The number of aryl methyl sites for hydroxylation is 2. The second-order valence-electron chi connectivity index (χ2n) is 7.12. The molecule has 1 saturated heterocycles. The number of piperazine rings is 1. The van der Waals surface area contributed by atoms with Crippen molar-refractivity contribution in [2.45, 2.75) is 24.6 Å². The molecule has 0 aliphatic carbocycles. The van der Waals surface area contributed by atoms with Crippen LogP contribution in [-0.2, 0) is 4.79 Å². The van der Waals surface area contributed by atoms with Gasteiger partial charge in [-0.15, -0.1) is 0 Å². The van der Waals surface area contributed by atoms with Crippen LogP contribution in [0, 0.1) is 13.8 Å². The predicted octanol–water partition coefficient (Wildman–Crippen LogP) is 3.41. The standard InChI is InChI=1S/C21H24F2N4O2S/c1-14-5-3-6-15(2)18(14)25-17(28)13-26-9-11-27(12-10-26)20(29)16-7-4-8-24-19(16)30-21(22)23/h3-8,21H,9-13H2,1-2H3,(H,25,28). The summed E-state index contributed by atoms with van der Waals surface area (Å²) in [6.07, 6.45) is 1.40. The molecule has 6 nitrogen and oxygen atoms in total. The number of hydrogen-bond acceptors (Lipinski definition) is 5. The number of carbonyl (C=O) groups excluding carboxylic acids is 2. The lowest BCUT2D eigenvalue weighted by atomic mass is 10.1. The van der Waals surface area contributed by atoms with E-state index >= 15 is 0 Å². The third-order valence-electron chi connectivity index (χ3n) is 4.97. The van der Waals surface area contributed by atoms with Crippen LogP contribution in [-0.4, -0.2) is 65.1 Å². The number of thioether (sulfide) groups is 1. The number of pyridine rings is 1. The maximum atomic E-state index is 12.8. The van der Waals surface area contributed by atoms with Crippen molar-refractivity contribution >= 4 is 29.3 Å². The summed E-state index contributed by atoms with van der Waals surface area (Å²) < 4.78 is 25.5. The number of alkyl halides is 2. The Morgan fingerprint density at radius 2 is 1.77 bits per heavy atom. The smallest absolute Gasteiger partial charge is 0.290 e. The SMILES string of the molecule is Cc1cccc(C)c1NC(=O)CN1CCN(C(=O)c2cccnc2SC(F)F)CC1. The monoisotopic (exact) mass is 434 g/mol. The zero-order valence-electron chi connectivity index (χ0n) is 16.9. The first-order valence-electron chi connectivity index (χ1n) is 9.62. The molecule has 0 atom stereocenters. The fourth-order valence-electron chi connectivity index (χ4n) is 3.40. The van der Waals surface area contributed by atoms with Gasteiger partial charge in [0.2, 0.25) is 5.91 Å². The number of rotatable bonds is 6. The highest BCUT2D eigenvalue weighted by Crippen LogP contribution is 2.27. The van der Waals surface area contributed by atoms with Gasteiger partial charge in [0.1, 0.15) is 5.03 Å². The van der Waals surface area contributed by atoms with Gasteiger partial charge < -0.3 is 10.2 Å². The first kappa shape index (κ1) is 22.2. The van der Waals surface area contributed by atoms with Crippen LogP contribution in [0.3, 0.4) is 0 Å². The van der Waals surface area contributed by atoms with Gasteiger partial charge in [0.05, 0.1) is 12.1 Å². The Morgan fingerprint density at radius 3 is 2.40 bits per heavy atom. The summed E-state index contributed by atoms with van der Waals surface area (Å²) in [5, 5.41) is 3.00. The van der Waals surface area contributed by atoms with E-state index in [0.717, 1.165) is 16.8 Å². The molecular weight excluding hydrogens is 410 g/mol. The number of carbonyl (C=O) groups is 2. The molecular formula is C21H24F2N4O2S. The van der Waals surface area contributed by atoms with Crippen molar-refractivity contribution in [2.75, 3.05) is 38.0 Å². The highest BCUT2D eigenvalue weighted by atomic mass is 32.2.